The highest BCUT2D eigenvalue weighted by molar-refractivity contribution is 9.11. The van der Waals surface area contributed by atoms with Gasteiger partial charge in [-0.05, 0) is 33.6 Å². The minimum atomic E-state index is 0. The van der Waals surface area contributed by atoms with Gasteiger partial charge < -0.3 is 4.90 Å². The number of halogens is 2. The smallest absolute Gasteiger partial charge is 0.154 e. The molecular weight excluding hydrogens is 358 g/mol. The van der Waals surface area contributed by atoms with Crippen LogP contribution in [0.1, 0.15) is 11.1 Å². The summed E-state index contributed by atoms with van der Waals surface area (Å²) < 4.78 is 1.02. The maximum atomic E-state index is 8.00. The van der Waals surface area contributed by atoms with Crippen LogP contribution in [0.25, 0.3) is 0 Å². The van der Waals surface area contributed by atoms with Crippen LogP contribution in [0.5, 0.6) is 0 Å². The number of nitrogens with one attached hydrogen (secondary N) is 1. The van der Waals surface area contributed by atoms with Crippen LogP contribution in [0.3, 0.4) is 0 Å². The number of benzene rings is 1. The molecule has 0 spiro atoms. The first-order valence-electron chi connectivity index (χ1n) is 5.31. The van der Waals surface area contributed by atoms with Crippen molar-refractivity contribution in [3.8, 4) is 0 Å². The molecule has 2 heterocycles. The van der Waals surface area contributed by atoms with E-state index in [0.717, 1.165) is 28.0 Å². The van der Waals surface area contributed by atoms with Gasteiger partial charge in [-0.15, -0.1) is 17.0 Å². The molecule has 2 aliphatic rings. The zero-order valence-corrected chi connectivity index (χ0v) is 12.7. The van der Waals surface area contributed by atoms with Crippen LogP contribution in [-0.4, -0.2) is 16.6 Å². The highest BCUT2D eigenvalue weighted by Crippen LogP contribution is 2.22. The van der Waals surface area contributed by atoms with Crippen LogP contribution in [0.4, 0.5) is 0 Å². The number of amidine groups is 2. The number of rotatable bonds is 0. The minimum Gasteiger partial charge on any atom is -0.327 e. The van der Waals surface area contributed by atoms with Crippen molar-refractivity contribution in [1.29, 1.82) is 5.41 Å². The summed E-state index contributed by atoms with van der Waals surface area (Å²) in [6.45, 7) is 0.747. The van der Waals surface area contributed by atoms with E-state index >= 15 is 0 Å². The summed E-state index contributed by atoms with van der Waals surface area (Å²) in [6.07, 6.45) is 5.86. The molecule has 0 amide bonds. The summed E-state index contributed by atoms with van der Waals surface area (Å²) in [5, 5.41) is 8.00. The SMILES string of the molecule is Br.N=C1N=C2C=CC(Br)=CN2Cc2ccccc21. The van der Waals surface area contributed by atoms with Crippen molar-refractivity contribution in [2.24, 2.45) is 4.99 Å². The van der Waals surface area contributed by atoms with Gasteiger partial charge in [-0.1, -0.05) is 24.3 Å². The molecule has 0 aromatic heterocycles. The molecule has 0 aliphatic carbocycles. The summed E-state index contributed by atoms with van der Waals surface area (Å²) in [5.74, 6) is 1.14. The third-order valence-corrected chi connectivity index (χ3v) is 3.27. The molecule has 0 atom stereocenters. The molecule has 0 saturated heterocycles. The molecule has 2 aliphatic heterocycles. The lowest BCUT2D eigenvalue weighted by atomic mass is 10.1. The molecule has 0 bridgehead atoms. The van der Waals surface area contributed by atoms with Gasteiger partial charge in [-0.2, -0.15) is 0 Å². The Morgan fingerprint density at radius 3 is 2.83 bits per heavy atom. The molecular formula is C13H11Br2N3. The molecule has 92 valence electrons. The fourth-order valence-corrected chi connectivity index (χ4v) is 2.36. The molecule has 0 unspecified atom stereocenters. The quantitative estimate of drug-likeness (QED) is 0.746. The van der Waals surface area contributed by atoms with Crippen molar-refractivity contribution in [2.45, 2.75) is 6.54 Å². The molecule has 3 rings (SSSR count). The van der Waals surface area contributed by atoms with Gasteiger partial charge >= 0.3 is 0 Å². The molecule has 0 saturated carbocycles. The molecule has 18 heavy (non-hydrogen) atoms. The summed E-state index contributed by atoms with van der Waals surface area (Å²) in [7, 11) is 0. The van der Waals surface area contributed by atoms with Crippen molar-refractivity contribution in [1.82, 2.24) is 4.90 Å². The number of aliphatic imine (C=N–C) groups is 1. The highest BCUT2D eigenvalue weighted by atomic mass is 79.9. The van der Waals surface area contributed by atoms with E-state index in [0.29, 0.717) is 5.84 Å². The van der Waals surface area contributed by atoms with Crippen LogP contribution in [0, 0.1) is 5.41 Å². The fraction of sp³-hybridized carbons (Fsp3) is 0.0769. The van der Waals surface area contributed by atoms with E-state index in [4.69, 9.17) is 5.41 Å². The van der Waals surface area contributed by atoms with Gasteiger partial charge in [0.15, 0.2) is 5.84 Å². The fourth-order valence-electron chi connectivity index (χ4n) is 1.98. The monoisotopic (exact) mass is 367 g/mol. The largest absolute Gasteiger partial charge is 0.327 e. The Morgan fingerprint density at radius 1 is 1.22 bits per heavy atom. The summed E-state index contributed by atoms with van der Waals surface area (Å²) in [6, 6.07) is 7.93. The van der Waals surface area contributed by atoms with Crippen LogP contribution < -0.4 is 0 Å². The van der Waals surface area contributed by atoms with Gasteiger partial charge in [0.1, 0.15) is 5.84 Å². The highest BCUT2D eigenvalue weighted by Gasteiger charge is 2.19. The van der Waals surface area contributed by atoms with Crippen molar-refractivity contribution in [3.63, 3.8) is 0 Å². The van der Waals surface area contributed by atoms with Gasteiger partial charge in [0.05, 0.1) is 0 Å². The zero-order chi connectivity index (χ0) is 11.8. The van der Waals surface area contributed by atoms with Gasteiger partial charge in [0.25, 0.3) is 0 Å². The van der Waals surface area contributed by atoms with E-state index in [9.17, 15) is 0 Å². The molecule has 1 N–H and O–H groups in total. The summed E-state index contributed by atoms with van der Waals surface area (Å²) in [5.41, 5.74) is 2.04. The van der Waals surface area contributed by atoms with Crippen molar-refractivity contribution < 1.29 is 0 Å². The first-order valence-corrected chi connectivity index (χ1v) is 6.11. The second kappa shape index (κ2) is 5.20. The van der Waals surface area contributed by atoms with E-state index in [1.165, 1.54) is 0 Å². The molecule has 0 radical (unpaired) electrons. The van der Waals surface area contributed by atoms with Crippen LogP contribution in [0.15, 0.2) is 52.1 Å². The third kappa shape index (κ3) is 2.33. The van der Waals surface area contributed by atoms with Crippen molar-refractivity contribution >= 4 is 44.6 Å². The van der Waals surface area contributed by atoms with E-state index < -0.39 is 0 Å². The molecule has 5 heteroatoms. The van der Waals surface area contributed by atoms with E-state index in [1.54, 1.807) is 0 Å². The Hall–Kier alpha value is -1.20. The second-order valence-corrected chi connectivity index (χ2v) is 4.87. The molecule has 1 aromatic carbocycles. The standard InChI is InChI=1S/C13H10BrN3.BrH/c14-10-5-6-12-16-13(15)11-4-2-1-3-9(11)7-17(12)8-10;/h1-6,8,15H,7H2;1H. The summed E-state index contributed by atoms with van der Waals surface area (Å²) in [4.78, 5) is 6.39. The number of hydrogen-bond donors (Lipinski definition) is 1. The molecule has 1 aromatic rings. The number of allylic oxidation sites excluding steroid dienone is 2. The third-order valence-electron chi connectivity index (χ3n) is 2.80. The minimum absolute atomic E-state index is 0. The molecule has 0 fully saturated rings. The van der Waals surface area contributed by atoms with Gasteiger partial charge in [0, 0.05) is 22.8 Å². The van der Waals surface area contributed by atoms with Crippen LogP contribution in [-0.2, 0) is 6.54 Å². The normalized spacial score (nSPS) is 16.9. The van der Waals surface area contributed by atoms with Crippen molar-refractivity contribution in [3.05, 3.63) is 58.2 Å². The maximum Gasteiger partial charge on any atom is 0.154 e. The predicted molar refractivity (Wildman–Crippen MR) is 82.7 cm³/mol. The van der Waals surface area contributed by atoms with E-state index in [1.807, 2.05) is 47.5 Å². The topological polar surface area (TPSA) is 39.5 Å². The zero-order valence-electron chi connectivity index (χ0n) is 9.43. The van der Waals surface area contributed by atoms with E-state index in [2.05, 4.69) is 20.9 Å². The average Bonchev–Trinajstić information content (AvgIpc) is 2.46. The second-order valence-electron chi connectivity index (χ2n) is 3.95. The predicted octanol–water partition coefficient (Wildman–Crippen LogP) is 3.61. The van der Waals surface area contributed by atoms with Crippen LogP contribution in [0.2, 0.25) is 0 Å². The lowest BCUT2D eigenvalue weighted by Gasteiger charge is -2.21. The molecule has 3 nitrogen and oxygen atoms in total. The maximum absolute atomic E-state index is 8.00. The Kier molecular flexibility index (Phi) is 3.82. The van der Waals surface area contributed by atoms with Gasteiger partial charge in [0.2, 0.25) is 0 Å². The number of nitrogens with zero attached hydrogens (tertiary/aromatic N) is 2. The first kappa shape index (κ1) is 13.2. The Labute approximate surface area is 124 Å². The lowest BCUT2D eigenvalue weighted by molar-refractivity contribution is 0.555. The Bertz CT molecular complexity index is 588. The van der Waals surface area contributed by atoms with E-state index in [-0.39, 0.29) is 17.0 Å². The van der Waals surface area contributed by atoms with Gasteiger partial charge in [-0.3, -0.25) is 5.41 Å². The Balaban J connectivity index is 0.00000120. The van der Waals surface area contributed by atoms with Crippen molar-refractivity contribution in [2.75, 3.05) is 0 Å². The summed E-state index contributed by atoms with van der Waals surface area (Å²) >= 11 is 3.45. The Morgan fingerprint density at radius 2 is 2.00 bits per heavy atom. The first-order chi connectivity index (χ1) is 8.24. The number of fused-ring (bicyclic) bond motifs is 2. The average molecular weight is 369 g/mol. The van der Waals surface area contributed by atoms with Crippen LogP contribution >= 0.6 is 32.9 Å². The number of hydrogen-bond acceptors (Lipinski definition) is 2. The van der Waals surface area contributed by atoms with Gasteiger partial charge in [-0.25, -0.2) is 4.99 Å². The lowest BCUT2D eigenvalue weighted by Crippen LogP contribution is -2.24.